The van der Waals surface area contributed by atoms with Gasteiger partial charge in [-0.3, -0.25) is 9.80 Å². The van der Waals surface area contributed by atoms with E-state index in [0.29, 0.717) is 23.3 Å². The molecule has 0 aliphatic rings. The maximum atomic E-state index is 11.3. The number of benzene rings is 4. The van der Waals surface area contributed by atoms with E-state index < -0.39 is 27.8 Å². The zero-order chi connectivity index (χ0) is 36.3. The molecule has 20 nitrogen and oxygen atoms in total. The summed E-state index contributed by atoms with van der Waals surface area (Å²) in [5, 5.41) is 0. The second kappa shape index (κ2) is 22.3. The summed E-state index contributed by atoms with van der Waals surface area (Å²) < 4.78 is 22.7. The summed E-state index contributed by atoms with van der Waals surface area (Å²) in [6.07, 6.45) is -1.19. The Morgan fingerprint density at radius 3 is 0.810 bits per heavy atom. The number of nitrogens with zero attached hydrogens (tertiary/aromatic N) is 6. The Balaban J connectivity index is 0.000000526. The predicted octanol–water partition coefficient (Wildman–Crippen LogP) is -0.679. The van der Waals surface area contributed by atoms with Crippen LogP contribution >= 0.6 is 15.2 Å². The van der Waals surface area contributed by atoms with E-state index in [1.165, 1.54) is 9.80 Å². The number of aromatic nitrogens is 8. The molecular formula is C34H40Mn2N10O10P2. The van der Waals surface area contributed by atoms with Crippen molar-refractivity contribution >= 4 is 59.3 Å². The van der Waals surface area contributed by atoms with Gasteiger partial charge >= 0.3 is 34.1 Å². The van der Waals surface area contributed by atoms with Crippen LogP contribution in [0.5, 0.6) is 0 Å². The van der Waals surface area contributed by atoms with E-state index in [-0.39, 0.29) is 82.2 Å². The molecule has 8 rings (SSSR count). The first-order valence-electron chi connectivity index (χ1n) is 16.1. The Hall–Kier alpha value is -4.14. The van der Waals surface area contributed by atoms with Crippen molar-refractivity contribution in [2.45, 2.75) is 26.2 Å². The van der Waals surface area contributed by atoms with Crippen LogP contribution in [0, 0.1) is 0 Å². The minimum absolute atomic E-state index is 0. The van der Waals surface area contributed by atoms with Crippen molar-refractivity contribution < 1.29 is 84.7 Å². The Bertz CT molecular complexity index is 2120. The first-order chi connectivity index (χ1) is 24.9. The summed E-state index contributed by atoms with van der Waals surface area (Å²) in [7, 11) is -9.44. The average Bonchev–Trinajstić information content (AvgIpc) is 3.86. The molecule has 12 N–H and O–H groups in total. The number of hydrogen-bond donors (Lipinski definition) is 4. The molecule has 0 amide bonds. The van der Waals surface area contributed by atoms with E-state index >= 15 is 0 Å². The van der Waals surface area contributed by atoms with Crippen molar-refractivity contribution in [3.05, 3.63) is 120 Å². The van der Waals surface area contributed by atoms with Crippen molar-refractivity contribution in [2.75, 3.05) is 12.6 Å². The second-order valence-electron chi connectivity index (χ2n) is 12.3. The van der Waals surface area contributed by atoms with E-state index in [0.717, 1.165) is 44.1 Å². The van der Waals surface area contributed by atoms with E-state index in [1.54, 1.807) is 0 Å². The molecule has 4 aromatic carbocycles. The molecule has 0 aliphatic heterocycles. The third-order valence-corrected chi connectivity index (χ3v) is 9.49. The van der Waals surface area contributed by atoms with E-state index in [4.69, 9.17) is 0 Å². The summed E-state index contributed by atoms with van der Waals surface area (Å²) in [5.74, 6) is 2.37. The van der Waals surface area contributed by atoms with Crippen LogP contribution in [-0.4, -0.2) is 84.1 Å². The predicted molar refractivity (Wildman–Crippen MR) is 202 cm³/mol. The van der Waals surface area contributed by atoms with Gasteiger partial charge in [-0.05, 0) is 48.5 Å². The quantitative estimate of drug-likeness (QED) is 0.0875. The maximum Gasteiger partial charge on any atom is 2.00 e. The number of aromatic amines is 4. The van der Waals surface area contributed by atoms with Crippen molar-refractivity contribution in [3.63, 3.8) is 0 Å². The molecule has 0 fully saturated rings. The zero-order valence-corrected chi connectivity index (χ0v) is 34.4. The van der Waals surface area contributed by atoms with Crippen LogP contribution < -0.4 is 19.6 Å². The van der Waals surface area contributed by atoms with Gasteiger partial charge in [-0.2, -0.15) is 0 Å². The Labute approximate surface area is 351 Å². The summed E-state index contributed by atoms with van der Waals surface area (Å²) in [4.78, 5) is 78.7. The van der Waals surface area contributed by atoms with Crippen molar-refractivity contribution in [1.82, 2.24) is 49.7 Å². The van der Waals surface area contributed by atoms with Crippen LogP contribution in [-0.2, 0) is 69.4 Å². The molecule has 0 unspecified atom stereocenters. The Kier molecular flexibility index (Phi) is 19.9. The minimum Gasteiger partial charge on any atom is -0.810 e. The molecule has 0 atom stereocenters. The summed E-state index contributed by atoms with van der Waals surface area (Å²) in [5.41, 5.74) is 6.60. The number of fused-ring (bicyclic) bond motifs is 4. The summed E-state index contributed by atoms with van der Waals surface area (Å²) in [6.45, 7) is 0.779. The molecule has 4 heterocycles. The third-order valence-electron chi connectivity index (χ3n) is 7.99. The molecule has 0 bridgehead atoms. The first-order valence-corrected chi connectivity index (χ1v) is 19.6. The molecule has 310 valence electrons. The molecule has 4 aromatic heterocycles. The minimum atomic E-state index is -4.72. The molecule has 0 spiro atoms. The Morgan fingerprint density at radius 1 is 0.414 bits per heavy atom. The van der Waals surface area contributed by atoms with Gasteiger partial charge in [-0.25, -0.2) is 19.9 Å². The van der Waals surface area contributed by atoms with Gasteiger partial charge in [0.15, 0.2) is 0 Å². The van der Waals surface area contributed by atoms with Crippen LogP contribution in [0.2, 0.25) is 0 Å². The number of para-hydroxylation sites is 8. The average molecular weight is 921 g/mol. The van der Waals surface area contributed by atoms with E-state index in [9.17, 15) is 28.7 Å². The van der Waals surface area contributed by atoms with Crippen LogP contribution in [0.4, 0.5) is 0 Å². The SMILES string of the molecule is O.O.O.O.O=P([O-])([O-])CN(Cc1nc2ccccc2[nH]1)Cc1nc2ccccc2[nH]1.O=P([O-])([O-])CN(Cc1nc2ccccc2[nH]1)Cc1nc2ccccc2[nH]1.[Mn+2].[Mn+2]. The molecule has 58 heavy (non-hydrogen) atoms. The molecule has 2 radical (unpaired) electrons. The monoisotopic (exact) mass is 920 g/mol. The van der Waals surface area contributed by atoms with E-state index in [1.807, 2.05) is 97.1 Å². The molecule has 24 heteroatoms. The van der Waals surface area contributed by atoms with Crippen molar-refractivity contribution in [3.8, 4) is 0 Å². The number of H-pyrrole nitrogens is 4. The van der Waals surface area contributed by atoms with Gasteiger partial charge in [-0.15, -0.1) is 0 Å². The maximum absolute atomic E-state index is 11.3. The number of rotatable bonds is 12. The van der Waals surface area contributed by atoms with Crippen LogP contribution in [0.25, 0.3) is 44.1 Å². The van der Waals surface area contributed by atoms with Gasteiger partial charge in [0.05, 0.1) is 70.3 Å². The van der Waals surface area contributed by atoms with E-state index in [2.05, 4.69) is 39.9 Å². The third kappa shape index (κ3) is 14.0. The molecule has 8 aromatic rings. The summed E-state index contributed by atoms with van der Waals surface area (Å²) in [6, 6.07) is 30.1. The van der Waals surface area contributed by atoms with Gasteiger partial charge in [0.25, 0.3) is 0 Å². The van der Waals surface area contributed by atoms with Crippen LogP contribution in [0.1, 0.15) is 23.3 Å². The number of hydrogen-bond acceptors (Lipinski definition) is 12. The second-order valence-corrected chi connectivity index (χ2v) is 15.3. The van der Waals surface area contributed by atoms with Crippen LogP contribution in [0.15, 0.2) is 97.1 Å². The van der Waals surface area contributed by atoms with Gasteiger partial charge in [0, 0.05) is 12.6 Å². The first kappa shape index (κ1) is 51.9. The van der Waals surface area contributed by atoms with Gasteiger partial charge in [0.1, 0.15) is 23.3 Å². The Morgan fingerprint density at radius 2 is 0.621 bits per heavy atom. The van der Waals surface area contributed by atoms with Crippen LogP contribution in [0.3, 0.4) is 0 Å². The molecule has 0 aliphatic carbocycles. The number of imidazole rings is 4. The van der Waals surface area contributed by atoms with Gasteiger partial charge in [0.2, 0.25) is 0 Å². The molecule has 0 saturated heterocycles. The largest absolute Gasteiger partial charge is 2.00 e. The van der Waals surface area contributed by atoms with Gasteiger partial charge in [-0.1, -0.05) is 63.7 Å². The fourth-order valence-corrected chi connectivity index (χ4v) is 7.35. The molecular weight excluding hydrogens is 880 g/mol. The van der Waals surface area contributed by atoms with Gasteiger partial charge < -0.3 is 70.5 Å². The smallest absolute Gasteiger partial charge is 0.810 e. The normalized spacial score (nSPS) is 11.1. The number of nitrogens with one attached hydrogen (secondary N) is 4. The fraction of sp³-hybridized carbons (Fsp3) is 0.176. The standard InChI is InChI=1S/2C17H18N5O3P.2Mn.4H2O/c2*23-26(24,25)11-22(9-16-18-12-5-1-2-6-13(12)19-16)10-17-20-14-7-3-4-8-15(14)21-17;;;;;;/h2*1-8H,9-11H2,(H,18,19)(H,20,21)(H2,23,24,25);;;4*1H2/q;;2*+2;;;;/p-4. The molecule has 0 saturated carbocycles. The fourth-order valence-electron chi connectivity index (χ4n) is 5.97. The van der Waals surface area contributed by atoms with Crippen molar-refractivity contribution in [2.24, 2.45) is 0 Å². The zero-order valence-electron chi connectivity index (χ0n) is 30.3. The van der Waals surface area contributed by atoms with Crippen molar-refractivity contribution in [1.29, 1.82) is 0 Å². The summed E-state index contributed by atoms with van der Waals surface area (Å²) >= 11 is 0. The topological polar surface area (TPSA) is 374 Å².